The predicted octanol–water partition coefficient (Wildman–Crippen LogP) is 26.3. The zero-order valence-corrected chi connectivity index (χ0v) is 51.8. The molecule has 2 heterocycles. The molecule has 0 spiro atoms. The minimum atomic E-state index is 1.13. The summed E-state index contributed by atoms with van der Waals surface area (Å²) in [7, 11) is 0. The Morgan fingerprint density at radius 1 is 0.196 bits per heavy atom. The number of rotatable bonds is 10. The number of nitrogens with zero attached hydrogens (tertiary/aromatic N) is 2. The van der Waals surface area contributed by atoms with Gasteiger partial charge in [0.2, 0.25) is 0 Å². The first-order valence-electron chi connectivity index (χ1n) is 31.4. The molecular weight excluding hydrogens is 1150 g/mol. The van der Waals surface area contributed by atoms with Gasteiger partial charge in [0.15, 0.2) is 0 Å². The third-order valence-corrected chi connectivity index (χ3v) is 20.5. The molecule has 0 aliphatic carbocycles. The van der Waals surface area contributed by atoms with Crippen LogP contribution in [0, 0.1) is 0 Å². The molecule has 0 saturated heterocycles. The van der Waals surface area contributed by atoms with Crippen LogP contribution in [0.3, 0.4) is 0 Å². The van der Waals surface area contributed by atoms with Crippen molar-refractivity contribution in [2.24, 2.45) is 0 Å². The molecular formula is C88H58N2S2. The molecule has 4 heteroatoms. The van der Waals surface area contributed by atoms with Gasteiger partial charge in [-0.1, -0.05) is 273 Å². The predicted molar refractivity (Wildman–Crippen MR) is 400 cm³/mol. The minimum absolute atomic E-state index is 1.13. The van der Waals surface area contributed by atoms with Crippen LogP contribution in [0.1, 0.15) is 0 Å². The van der Waals surface area contributed by atoms with Crippen LogP contribution in [0.4, 0.5) is 34.1 Å². The maximum absolute atomic E-state index is 2.42. The Balaban J connectivity index is 0.000000141. The molecule has 0 unspecified atom stereocenters. The average Bonchev–Trinajstić information content (AvgIpc) is 1.59. The molecule has 0 radical (unpaired) electrons. The summed E-state index contributed by atoms with van der Waals surface area (Å²) in [5.41, 5.74) is 16.6. The van der Waals surface area contributed by atoms with Gasteiger partial charge >= 0.3 is 0 Å². The van der Waals surface area contributed by atoms with Crippen LogP contribution in [0.2, 0.25) is 0 Å². The Morgan fingerprint density at radius 3 is 1.01 bits per heavy atom. The second-order valence-corrected chi connectivity index (χ2v) is 25.6. The van der Waals surface area contributed by atoms with Crippen LogP contribution in [-0.2, 0) is 0 Å². The van der Waals surface area contributed by atoms with E-state index in [2.05, 4.69) is 362 Å². The normalized spacial score (nSPS) is 11.5. The Kier molecular flexibility index (Phi) is 14.0. The maximum Gasteiger partial charge on any atom is 0.0554 e. The molecule has 92 heavy (non-hydrogen) atoms. The van der Waals surface area contributed by atoms with E-state index in [1.165, 1.54) is 139 Å². The van der Waals surface area contributed by atoms with Gasteiger partial charge in [0.25, 0.3) is 0 Å². The summed E-state index contributed by atoms with van der Waals surface area (Å²) >= 11 is 3.77. The molecule has 0 atom stereocenters. The van der Waals surface area contributed by atoms with Gasteiger partial charge in [-0.3, -0.25) is 0 Å². The van der Waals surface area contributed by atoms with Crippen molar-refractivity contribution in [1.82, 2.24) is 0 Å². The minimum Gasteiger partial charge on any atom is -0.310 e. The van der Waals surface area contributed by atoms with Gasteiger partial charge in [0, 0.05) is 63.1 Å². The van der Waals surface area contributed by atoms with Crippen LogP contribution in [0.15, 0.2) is 352 Å². The lowest BCUT2D eigenvalue weighted by molar-refractivity contribution is 1.30. The van der Waals surface area contributed by atoms with Gasteiger partial charge in [0.05, 0.1) is 11.4 Å². The third-order valence-electron chi connectivity index (χ3n) is 18.1. The van der Waals surface area contributed by atoms with Crippen molar-refractivity contribution in [3.05, 3.63) is 352 Å². The van der Waals surface area contributed by atoms with E-state index in [9.17, 15) is 0 Å². The summed E-state index contributed by atoms with van der Waals surface area (Å²) in [6.07, 6.45) is 0. The monoisotopic (exact) mass is 1210 g/mol. The zero-order valence-electron chi connectivity index (χ0n) is 50.2. The van der Waals surface area contributed by atoms with E-state index in [4.69, 9.17) is 0 Å². The Labute approximate surface area is 542 Å². The van der Waals surface area contributed by atoms with Crippen molar-refractivity contribution < 1.29 is 0 Å². The molecule has 16 aromatic carbocycles. The standard InChI is InChI=1S/2C44H29NS/c1-2-10-30(11-3-1)31-20-25-35(26-21-31)45(36-27-22-34(23-28-36)38-17-8-14-32-12-4-6-15-37(32)38)41-18-9-19-42-43(41)40-29-24-33-13-5-7-16-39(33)44(40)46-42;1-2-9-30(10-3-1)32-19-24-37(25-20-32)45(38-26-21-33(22-27-38)36-18-17-31-11-4-5-13-35(31)29-36)41-15-8-16-42-43(41)40-28-23-34-12-6-7-14-39(34)44(40)46-42/h2*1-29H. The van der Waals surface area contributed by atoms with Crippen LogP contribution in [0.5, 0.6) is 0 Å². The Morgan fingerprint density at radius 2 is 0.533 bits per heavy atom. The number of benzene rings is 16. The number of fused-ring (bicyclic) bond motifs is 12. The fourth-order valence-corrected chi connectivity index (χ4v) is 16.1. The van der Waals surface area contributed by atoms with E-state index in [-0.39, 0.29) is 0 Å². The molecule has 0 aliphatic heterocycles. The molecule has 2 nitrogen and oxygen atoms in total. The maximum atomic E-state index is 2.42. The van der Waals surface area contributed by atoms with E-state index in [1.807, 2.05) is 22.7 Å². The van der Waals surface area contributed by atoms with Crippen molar-refractivity contribution >= 4 is 140 Å². The third kappa shape index (κ3) is 10.00. The summed E-state index contributed by atoms with van der Waals surface area (Å²) in [6, 6.07) is 128. The van der Waals surface area contributed by atoms with Crippen molar-refractivity contribution in [2.75, 3.05) is 9.80 Å². The smallest absolute Gasteiger partial charge is 0.0554 e. The highest BCUT2D eigenvalue weighted by Crippen LogP contribution is 2.49. The Hall–Kier alpha value is -11.4. The lowest BCUT2D eigenvalue weighted by Crippen LogP contribution is -2.10. The summed E-state index contributed by atoms with van der Waals surface area (Å²) in [4.78, 5) is 4.84. The number of anilines is 6. The molecule has 0 bridgehead atoms. The van der Waals surface area contributed by atoms with Gasteiger partial charge in [-0.15, -0.1) is 22.7 Å². The summed E-state index contributed by atoms with van der Waals surface area (Å²) in [5, 5.41) is 15.4. The van der Waals surface area contributed by atoms with Crippen LogP contribution in [-0.4, -0.2) is 0 Å². The molecule has 0 fully saturated rings. The first-order valence-corrected chi connectivity index (χ1v) is 33.0. The molecule has 0 amide bonds. The van der Waals surface area contributed by atoms with Gasteiger partial charge in [-0.05, 0) is 166 Å². The molecule has 0 aliphatic rings. The quantitative estimate of drug-likeness (QED) is 0.135. The zero-order chi connectivity index (χ0) is 60.9. The molecule has 2 aromatic heterocycles. The summed E-state index contributed by atoms with van der Waals surface area (Å²) < 4.78 is 5.27. The average molecular weight is 1210 g/mol. The van der Waals surface area contributed by atoms with E-state index in [0.29, 0.717) is 0 Å². The molecule has 0 N–H and O–H groups in total. The molecule has 18 aromatic rings. The van der Waals surface area contributed by atoms with Crippen LogP contribution < -0.4 is 9.80 Å². The summed E-state index contributed by atoms with van der Waals surface area (Å²) in [5.74, 6) is 0. The highest BCUT2D eigenvalue weighted by Gasteiger charge is 2.22. The molecule has 0 saturated carbocycles. The van der Waals surface area contributed by atoms with Crippen molar-refractivity contribution in [2.45, 2.75) is 0 Å². The summed E-state index contributed by atoms with van der Waals surface area (Å²) in [6.45, 7) is 0. The Bertz CT molecular complexity index is 5720. The van der Waals surface area contributed by atoms with Gasteiger partial charge in [-0.2, -0.15) is 0 Å². The highest BCUT2D eigenvalue weighted by molar-refractivity contribution is 7.27. The SMILES string of the molecule is c1ccc(-c2ccc(N(c3ccc(-c4ccc5ccccc5c4)cc3)c3cccc4sc5c6ccccc6ccc5c34)cc2)cc1.c1ccc(-c2ccc(N(c3ccc(-c4cccc5ccccc45)cc3)c3cccc4sc5c6ccccc6ccc5c34)cc2)cc1. The van der Waals surface area contributed by atoms with Crippen molar-refractivity contribution in [1.29, 1.82) is 0 Å². The van der Waals surface area contributed by atoms with E-state index in [1.54, 1.807) is 0 Å². The van der Waals surface area contributed by atoms with E-state index < -0.39 is 0 Å². The lowest BCUT2D eigenvalue weighted by Gasteiger charge is -2.27. The first-order chi connectivity index (χ1) is 45.6. The highest BCUT2D eigenvalue weighted by atomic mass is 32.1. The largest absolute Gasteiger partial charge is 0.310 e. The van der Waals surface area contributed by atoms with Gasteiger partial charge in [0.1, 0.15) is 0 Å². The molecule has 432 valence electrons. The lowest BCUT2D eigenvalue weighted by atomic mass is 9.98. The van der Waals surface area contributed by atoms with Crippen molar-refractivity contribution in [3.8, 4) is 44.5 Å². The van der Waals surface area contributed by atoms with Crippen molar-refractivity contribution in [3.63, 3.8) is 0 Å². The van der Waals surface area contributed by atoms with Gasteiger partial charge in [-0.25, -0.2) is 0 Å². The number of hydrogen-bond donors (Lipinski definition) is 0. The fourth-order valence-electron chi connectivity index (χ4n) is 13.6. The van der Waals surface area contributed by atoms with E-state index >= 15 is 0 Å². The van der Waals surface area contributed by atoms with Gasteiger partial charge < -0.3 is 9.80 Å². The van der Waals surface area contributed by atoms with E-state index in [0.717, 1.165) is 22.7 Å². The van der Waals surface area contributed by atoms with Crippen LogP contribution in [0.25, 0.3) is 128 Å². The van der Waals surface area contributed by atoms with Crippen LogP contribution >= 0.6 is 22.7 Å². The first kappa shape index (κ1) is 54.7. The second-order valence-electron chi connectivity index (χ2n) is 23.5. The second kappa shape index (κ2) is 23.5. The molecule has 18 rings (SSSR count). The topological polar surface area (TPSA) is 6.48 Å². The fraction of sp³-hybridized carbons (Fsp3) is 0. The number of thiophene rings is 2. The number of hydrogen-bond acceptors (Lipinski definition) is 4.